The van der Waals surface area contributed by atoms with Crippen molar-refractivity contribution < 1.29 is 9.63 Å². The zero-order valence-corrected chi connectivity index (χ0v) is 16.3. The number of nitrogens with zero attached hydrogens (tertiary/aromatic N) is 1. The van der Waals surface area contributed by atoms with Crippen LogP contribution in [0.25, 0.3) is 0 Å². The fourth-order valence-electron chi connectivity index (χ4n) is 4.00. The standard InChI is InChI=1S/C17H20BrNO2Se/c1-16(2)12-9-10-17(16,3)14(13(12)22-18)19-21-15(20)11-7-5-4-6-8-11/h4-8,12-13H,9-10H2,1-3H3/b19-14-/t12-,13+,17+/m1/s1. The summed E-state index contributed by atoms with van der Waals surface area (Å²) >= 11 is 3.98. The summed E-state index contributed by atoms with van der Waals surface area (Å²) in [5.41, 5.74) is 1.87. The van der Waals surface area contributed by atoms with Crippen LogP contribution in [0.5, 0.6) is 0 Å². The van der Waals surface area contributed by atoms with E-state index in [4.69, 9.17) is 4.84 Å². The Labute approximate surface area is 144 Å². The van der Waals surface area contributed by atoms with E-state index in [2.05, 4.69) is 40.0 Å². The Morgan fingerprint density at radius 2 is 2.00 bits per heavy atom. The first-order chi connectivity index (χ1) is 10.4. The topological polar surface area (TPSA) is 38.7 Å². The first kappa shape index (κ1) is 16.2. The fraction of sp³-hybridized carbons (Fsp3) is 0.529. The summed E-state index contributed by atoms with van der Waals surface area (Å²) in [7, 11) is 0. The van der Waals surface area contributed by atoms with Gasteiger partial charge in [0.05, 0.1) is 0 Å². The average molecular weight is 429 g/mol. The van der Waals surface area contributed by atoms with Crippen LogP contribution in [0.4, 0.5) is 0 Å². The summed E-state index contributed by atoms with van der Waals surface area (Å²) < 4.78 is 0. The van der Waals surface area contributed by atoms with Crippen LogP contribution in [-0.4, -0.2) is 24.8 Å². The number of halogens is 1. The molecule has 2 fully saturated rings. The molecule has 1 aromatic rings. The third kappa shape index (κ3) is 2.29. The molecule has 0 amide bonds. The Morgan fingerprint density at radius 3 is 2.64 bits per heavy atom. The van der Waals surface area contributed by atoms with Gasteiger partial charge < -0.3 is 0 Å². The van der Waals surface area contributed by atoms with Gasteiger partial charge in [-0.05, 0) is 0 Å². The fourth-order valence-corrected chi connectivity index (χ4v) is 8.35. The summed E-state index contributed by atoms with van der Waals surface area (Å²) in [6.07, 6.45) is 2.37. The number of benzene rings is 1. The van der Waals surface area contributed by atoms with Gasteiger partial charge in [-0.2, -0.15) is 0 Å². The zero-order valence-electron chi connectivity index (χ0n) is 13.0. The predicted octanol–water partition coefficient (Wildman–Crippen LogP) is 4.46. The van der Waals surface area contributed by atoms with Gasteiger partial charge >= 0.3 is 145 Å². The monoisotopic (exact) mass is 429 g/mol. The van der Waals surface area contributed by atoms with Crippen LogP contribution in [0.3, 0.4) is 0 Å². The molecule has 2 saturated carbocycles. The minimum absolute atomic E-state index is 0.0365. The van der Waals surface area contributed by atoms with Gasteiger partial charge in [-0.3, -0.25) is 0 Å². The van der Waals surface area contributed by atoms with Crippen molar-refractivity contribution in [1.82, 2.24) is 0 Å². The van der Waals surface area contributed by atoms with Crippen LogP contribution < -0.4 is 0 Å². The van der Waals surface area contributed by atoms with E-state index in [0.717, 1.165) is 12.1 Å². The van der Waals surface area contributed by atoms with Crippen molar-refractivity contribution in [2.45, 2.75) is 38.4 Å². The van der Waals surface area contributed by atoms with Gasteiger partial charge in [0.2, 0.25) is 0 Å². The van der Waals surface area contributed by atoms with E-state index in [9.17, 15) is 4.79 Å². The second-order valence-electron chi connectivity index (χ2n) is 6.93. The average Bonchev–Trinajstić information content (AvgIpc) is 2.84. The number of oxime groups is 1. The van der Waals surface area contributed by atoms with Crippen LogP contribution in [-0.2, 0) is 4.84 Å². The first-order valence-corrected chi connectivity index (χ1v) is 12.5. The van der Waals surface area contributed by atoms with Crippen molar-refractivity contribution in [1.29, 1.82) is 0 Å². The Morgan fingerprint density at radius 1 is 1.32 bits per heavy atom. The molecule has 5 heteroatoms. The number of hydrogen-bond acceptors (Lipinski definition) is 3. The molecule has 0 aromatic heterocycles. The molecule has 0 N–H and O–H groups in total. The second kappa shape index (κ2) is 5.77. The molecule has 2 aliphatic carbocycles. The molecule has 3 nitrogen and oxygen atoms in total. The molecule has 0 unspecified atom stereocenters. The summed E-state index contributed by atoms with van der Waals surface area (Å²) in [4.78, 5) is 17.8. The number of fused-ring (bicyclic) bond motifs is 2. The van der Waals surface area contributed by atoms with Crippen LogP contribution in [0.1, 0.15) is 44.0 Å². The SMILES string of the molecule is CC1(C)[C@@H]2CC[C@@]1(C)/C(=N\OC(=O)c1ccccc1)[C@H]2[Se]Br. The van der Waals surface area contributed by atoms with Gasteiger partial charge in [-0.15, -0.1) is 0 Å². The van der Waals surface area contributed by atoms with Crippen LogP contribution >= 0.6 is 14.1 Å². The van der Waals surface area contributed by atoms with Crippen LogP contribution in [0, 0.1) is 16.7 Å². The van der Waals surface area contributed by atoms with E-state index in [-0.39, 0.29) is 16.8 Å². The summed E-state index contributed by atoms with van der Waals surface area (Å²) in [5, 5.41) is 4.35. The molecule has 0 heterocycles. The van der Waals surface area contributed by atoms with E-state index < -0.39 is 0 Å². The Kier molecular flexibility index (Phi) is 4.26. The molecule has 0 aliphatic heterocycles. The number of hydrogen-bond donors (Lipinski definition) is 0. The molecule has 2 aliphatic rings. The number of carbonyl (C=O) groups excluding carboxylic acids is 1. The Bertz CT molecular complexity index is 616. The predicted molar refractivity (Wildman–Crippen MR) is 92.3 cm³/mol. The van der Waals surface area contributed by atoms with Crippen molar-refractivity contribution in [3.05, 3.63) is 35.9 Å². The molecule has 1 aromatic carbocycles. The van der Waals surface area contributed by atoms with Gasteiger partial charge in [0.1, 0.15) is 0 Å². The molecule has 118 valence electrons. The molecule has 22 heavy (non-hydrogen) atoms. The zero-order chi connectivity index (χ0) is 16.0. The number of carbonyl (C=O) groups is 1. The molecule has 0 radical (unpaired) electrons. The van der Waals surface area contributed by atoms with Crippen LogP contribution in [0.15, 0.2) is 35.5 Å². The second-order valence-corrected chi connectivity index (χ2v) is 10.3. The van der Waals surface area contributed by atoms with Crippen molar-refractivity contribution in [3.8, 4) is 0 Å². The van der Waals surface area contributed by atoms with E-state index in [1.165, 1.54) is 6.42 Å². The normalized spacial score (nSPS) is 34.1. The quantitative estimate of drug-likeness (QED) is 0.405. The van der Waals surface area contributed by atoms with E-state index in [1.54, 1.807) is 12.1 Å². The molecule has 0 spiro atoms. The van der Waals surface area contributed by atoms with Gasteiger partial charge in [0.15, 0.2) is 0 Å². The third-order valence-electron chi connectivity index (χ3n) is 5.84. The van der Waals surface area contributed by atoms with Gasteiger partial charge in [0, 0.05) is 0 Å². The van der Waals surface area contributed by atoms with Crippen molar-refractivity contribution in [2.75, 3.05) is 0 Å². The van der Waals surface area contributed by atoms with Gasteiger partial charge in [-0.25, -0.2) is 0 Å². The summed E-state index contributed by atoms with van der Waals surface area (Å²) in [6.45, 7) is 6.94. The maximum atomic E-state index is 12.1. The van der Waals surface area contributed by atoms with Crippen molar-refractivity contribution in [3.63, 3.8) is 0 Å². The van der Waals surface area contributed by atoms with Gasteiger partial charge in [0.25, 0.3) is 0 Å². The first-order valence-electron chi connectivity index (χ1n) is 7.54. The Balaban J connectivity index is 1.86. The summed E-state index contributed by atoms with van der Waals surface area (Å²) in [6, 6.07) is 9.04. The van der Waals surface area contributed by atoms with Gasteiger partial charge in [-0.1, -0.05) is 0 Å². The maximum absolute atomic E-state index is 12.1. The minimum atomic E-state index is -0.377. The molecular weight excluding hydrogens is 409 g/mol. The van der Waals surface area contributed by atoms with Crippen LogP contribution in [0.2, 0.25) is 4.82 Å². The molecule has 3 rings (SSSR count). The molecule has 3 atom stereocenters. The Hall–Kier alpha value is -0.641. The molecule has 0 saturated heterocycles. The van der Waals surface area contributed by atoms with E-state index >= 15 is 0 Å². The third-order valence-corrected chi connectivity index (χ3v) is 9.49. The van der Waals surface area contributed by atoms with Crippen molar-refractivity contribution >= 4 is 38.9 Å². The summed E-state index contributed by atoms with van der Waals surface area (Å²) in [5.74, 6) is 0.254. The molecule has 2 bridgehead atoms. The number of rotatable bonds is 3. The van der Waals surface area contributed by atoms with Crippen molar-refractivity contribution in [2.24, 2.45) is 21.9 Å². The van der Waals surface area contributed by atoms with E-state index in [1.807, 2.05) is 18.2 Å². The van der Waals surface area contributed by atoms with E-state index in [0.29, 0.717) is 29.4 Å². The molecular formula is C17H20BrNO2Se.